The molecule has 0 radical (unpaired) electrons. The number of carbonyl (C=O) groups is 1. The van der Waals surface area contributed by atoms with E-state index in [1.54, 1.807) is 36.4 Å². The molecule has 3 nitrogen and oxygen atoms in total. The monoisotopic (exact) mass is 323 g/mol. The first-order valence-electron chi connectivity index (χ1n) is 6.48. The lowest BCUT2D eigenvalue weighted by Crippen LogP contribution is -2.31. The first-order valence-corrected chi connectivity index (χ1v) is 7.24. The molecule has 0 aliphatic carbocycles. The Morgan fingerprint density at radius 3 is 2.48 bits per heavy atom. The number of carbonyl (C=O) groups excluding carboxylic acids is 1. The second kappa shape index (κ2) is 7.34. The molecule has 0 unspecified atom stereocenters. The van der Waals surface area contributed by atoms with Gasteiger partial charge in [0.2, 0.25) is 0 Å². The molecule has 0 heterocycles. The topological polar surface area (TPSA) is 38.3 Å². The number of nitrogens with one attached hydrogen (secondary N) is 1. The van der Waals surface area contributed by atoms with Gasteiger partial charge in [-0.3, -0.25) is 4.79 Å². The molecule has 0 bridgehead atoms. The van der Waals surface area contributed by atoms with E-state index in [0.29, 0.717) is 15.8 Å². The van der Waals surface area contributed by atoms with Gasteiger partial charge in [0.15, 0.2) is 6.61 Å². The molecule has 1 N–H and O–H groups in total. The van der Waals surface area contributed by atoms with Gasteiger partial charge in [0.05, 0.1) is 11.1 Å². The maximum Gasteiger partial charge on any atom is 0.258 e. The van der Waals surface area contributed by atoms with Crippen molar-refractivity contribution in [1.29, 1.82) is 0 Å². The van der Waals surface area contributed by atoms with E-state index in [0.717, 1.165) is 5.56 Å². The van der Waals surface area contributed by atoms with E-state index >= 15 is 0 Å². The number of hydrogen-bond acceptors (Lipinski definition) is 2. The Hall–Kier alpha value is -1.71. The zero-order valence-corrected chi connectivity index (χ0v) is 13.0. The number of hydrogen-bond donors (Lipinski definition) is 1. The molecule has 0 aliphatic rings. The van der Waals surface area contributed by atoms with E-state index in [1.165, 1.54) is 0 Å². The van der Waals surface area contributed by atoms with E-state index in [1.807, 2.05) is 19.1 Å². The predicted molar refractivity (Wildman–Crippen MR) is 85.0 cm³/mol. The summed E-state index contributed by atoms with van der Waals surface area (Å²) in [6.45, 7) is 1.82. The molecule has 0 spiro atoms. The van der Waals surface area contributed by atoms with Crippen LogP contribution in [0, 0.1) is 0 Å². The first-order chi connectivity index (χ1) is 10.1. The molecule has 0 saturated carbocycles. The summed E-state index contributed by atoms with van der Waals surface area (Å²) in [5.41, 5.74) is 0.977. The second-order valence-electron chi connectivity index (χ2n) is 4.56. The summed E-state index contributed by atoms with van der Waals surface area (Å²) >= 11 is 11.8. The van der Waals surface area contributed by atoms with Crippen LogP contribution in [0.15, 0.2) is 48.5 Å². The molecule has 0 fully saturated rings. The number of amides is 1. The molecule has 0 saturated heterocycles. The van der Waals surface area contributed by atoms with Crippen LogP contribution >= 0.6 is 23.2 Å². The van der Waals surface area contributed by atoms with E-state index in [2.05, 4.69) is 5.32 Å². The van der Waals surface area contributed by atoms with Gasteiger partial charge in [0.1, 0.15) is 5.75 Å². The Balaban J connectivity index is 1.87. The Labute approximate surface area is 133 Å². The summed E-state index contributed by atoms with van der Waals surface area (Å²) in [4.78, 5) is 11.9. The van der Waals surface area contributed by atoms with Crippen molar-refractivity contribution in [1.82, 2.24) is 5.32 Å². The van der Waals surface area contributed by atoms with Crippen LogP contribution in [0.4, 0.5) is 0 Å². The van der Waals surface area contributed by atoms with E-state index in [9.17, 15) is 4.79 Å². The van der Waals surface area contributed by atoms with Crippen molar-refractivity contribution in [3.8, 4) is 5.75 Å². The third kappa shape index (κ3) is 4.66. The SMILES string of the molecule is C[C@@H](NC(=O)COc1ccccc1Cl)c1ccc(Cl)cc1. The zero-order chi connectivity index (χ0) is 15.2. The number of para-hydroxylation sites is 1. The summed E-state index contributed by atoms with van der Waals surface area (Å²) < 4.78 is 5.39. The normalized spacial score (nSPS) is 11.8. The van der Waals surface area contributed by atoms with Gasteiger partial charge in [-0.05, 0) is 36.8 Å². The lowest BCUT2D eigenvalue weighted by molar-refractivity contribution is -0.123. The van der Waals surface area contributed by atoms with Gasteiger partial charge in [-0.2, -0.15) is 0 Å². The highest BCUT2D eigenvalue weighted by atomic mass is 35.5. The first kappa shape index (κ1) is 15.7. The molecule has 1 atom stereocenters. The van der Waals surface area contributed by atoms with Crippen molar-refractivity contribution < 1.29 is 9.53 Å². The molecule has 110 valence electrons. The molecule has 1 amide bonds. The van der Waals surface area contributed by atoms with Gasteiger partial charge in [-0.1, -0.05) is 47.5 Å². The molecule has 2 aromatic rings. The maximum atomic E-state index is 11.9. The molecular weight excluding hydrogens is 309 g/mol. The van der Waals surface area contributed by atoms with Gasteiger partial charge in [0, 0.05) is 5.02 Å². The highest BCUT2D eigenvalue weighted by Crippen LogP contribution is 2.23. The zero-order valence-electron chi connectivity index (χ0n) is 11.5. The molecule has 0 aliphatic heterocycles. The van der Waals surface area contributed by atoms with E-state index in [4.69, 9.17) is 27.9 Å². The molecule has 5 heteroatoms. The molecule has 2 rings (SSSR count). The van der Waals surface area contributed by atoms with Crippen molar-refractivity contribution in [2.24, 2.45) is 0 Å². The Bertz CT molecular complexity index is 614. The minimum absolute atomic E-state index is 0.0817. The summed E-state index contributed by atoms with van der Waals surface area (Å²) in [6, 6.07) is 14.3. The maximum absolute atomic E-state index is 11.9. The summed E-state index contributed by atoms with van der Waals surface area (Å²) in [7, 11) is 0. The minimum Gasteiger partial charge on any atom is -0.482 e. The fraction of sp³-hybridized carbons (Fsp3) is 0.188. The highest BCUT2D eigenvalue weighted by Gasteiger charge is 2.10. The van der Waals surface area contributed by atoms with Crippen LogP contribution in [0.1, 0.15) is 18.5 Å². The number of rotatable bonds is 5. The lowest BCUT2D eigenvalue weighted by atomic mass is 10.1. The van der Waals surface area contributed by atoms with Crippen molar-refractivity contribution in [3.05, 3.63) is 64.1 Å². The van der Waals surface area contributed by atoms with Gasteiger partial charge in [-0.25, -0.2) is 0 Å². The fourth-order valence-corrected chi connectivity index (χ4v) is 2.14. The van der Waals surface area contributed by atoms with E-state index < -0.39 is 0 Å². The van der Waals surface area contributed by atoms with Crippen molar-refractivity contribution in [2.45, 2.75) is 13.0 Å². The van der Waals surface area contributed by atoms with Crippen molar-refractivity contribution in [3.63, 3.8) is 0 Å². The summed E-state index contributed by atoms with van der Waals surface area (Å²) in [6.07, 6.45) is 0. The number of benzene rings is 2. The summed E-state index contributed by atoms with van der Waals surface area (Å²) in [5, 5.41) is 4.00. The quantitative estimate of drug-likeness (QED) is 0.893. The van der Waals surface area contributed by atoms with Crippen molar-refractivity contribution >= 4 is 29.1 Å². The van der Waals surface area contributed by atoms with Crippen LogP contribution in [-0.2, 0) is 4.79 Å². The van der Waals surface area contributed by atoms with Crippen LogP contribution in [0.5, 0.6) is 5.75 Å². The number of ether oxygens (including phenoxy) is 1. The van der Waals surface area contributed by atoms with E-state index in [-0.39, 0.29) is 18.6 Å². The summed E-state index contributed by atoms with van der Waals surface area (Å²) in [5.74, 6) is 0.283. The van der Waals surface area contributed by atoms with Gasteiger partial charge in [-0.15, -0.1) is 0 Å². The van der Waals surface area contributed by atoms with Crippen LogP contribution in [0.2, 0.25) is 10.0 Å². The van der Waals surface area contributed by atoms with Crippen LogP contribution in [0.3, 0.4) is 0 Å². The number of halogens is 2. The average Bonchev–Trinajstić information content (AvgIpc) is 2.47. The highest BCUT2D eigenvalue weighted by molar-refractivity contribution is 6.32. The Morgan fingerprint density at radius 2 is 1.81 bits per heavy atom. The van der Waals surface area contributed by atoms with Gasteiger partial charge < -0.3 is 10.1 Å². The second-order valence-corrected chi connectivity index (χ2v) is 5.40. The Kier molecular flexibility index (Phi) is 5.48. The van der Waals surface area contributed by atoms with Gasteiger partial charge in [0.25, 0.3) is 5.91 Å². The van der Waals surface area contributed by atoms with Crippen LogP contribution in [-0.4, -0.2) is 12.5 Å². The molecule has 2 aromatic carbocycles. The molecular formula is C16H15Cl2NO2. The Morgan fingerprint density at radius 1 is 1.14 bits per heavy atom. The molecule has 21 heavy (non-hydrogen) atoms. The lowest BCUT2D eigenvalue weighted by Gasteiger charge is -2.15. The fourth-order valence-electron chi connectivity index (χ4n) is 1.82. The smallest absolute Gasteiger partial charge is 0.258 e. The van der Waals surface area contributed by atoms with Gasteiger partial charge >= 0.3 is 0 Å². The van der Waals surface area contributed by atoms with Crippen molar-refractivity contribution in [2.75, 3.05) is 6.61 Å². The van der Waals surface area contributed by atoms with Crippen LogP contribution in [0.25, 0.3) is 0 Å². The third-order valence-electron chi connectivity index (χ3n) is 2.94. The average molecular weight is 324 g/mol. The standard InChI is InChI=1S/C16H15Cl2NO2/c1-11(12-6-8-13(17)9-7-12)19-16(20)10-21-15-5-3-2-4-14(15)18/h2-9,11H,10H2,1H3,(H,19,20)/t11-/m1/s1. The van der Waals surface area contributed by atoms with Crippen LogP contribution < -0.4 is 10.1 Å². The predicted octanol–water partition coefficient (Wildman–Crippen LogP) is 4.25. The molecule has 0 aromatic heterocycles. The largest absolute Gasteiger partial charge is 0.482 e. The minimum atomic E-state index is -0.211. The third-order valence-corrected chi connectivity index (χ3v) is 3.51.